The van der Waals surface area contributed by atoms with E-state index in [0.717, 1.165) is 20.0 Å². The van der Waals surface area contributed by atoms with Crippen molar-refractivity contribution in [2.75, 3.05) is 6.61 Å². The van der Waals surface area contributed by atoms with Crippen LogP contribution in [0.3, 0.4) is 0 Å². The molecule has 6 nitrogen and oxygen atoms in total. The summed E-state index contributed by atoms with van der Waals surface area (Å²) in [6, 6.07) is 0. The highest BCUT2D eigenvalue weighted by atomic mass is 17.1. The molecule has 2 fully saturated rings. The van der Waals surface area contributed by atoms with Gasteiger partial charge in [-0.1, -0.05) is 6.92 Å². The Bertz CT molecular complexity index is 235. The topological polar surface area (TPSA) is 96.4 Å². The largest absolute Gasteiger partial charge is 0.481 e. The fraction of sp³-hybridized carbons (Fsp3) is 0.800. The third-order valence-electron chi connectivity index (χ3n) is 2.06. The zero-order valence-electron chi connectivity index (χ0n) is 9.67. The third kappa shape index (κ3) is 9.42. The fourth-order valence-corrected chi connectivity index (χ4v) is 0.762. The molecule has 0 amide bonds. The molecular formula is C10H18O6. The second-order valence-corrected chi connectivity index (χ2v) is 3.88. The maximum Gasteiger partial charge on any atom is 0.339 e. The van der Waals surface area contributed by atoms with E-state index >= 15 is 0 Å². The normalized spacial score (nSPS) is 28.6. The first-order valence-corrected chi connectivity index (χ1v) is 5.04. The highest BCUT2D eigenvalue weighted by Gasteiger charge is 2.38. The minimum atomic E-state index is -0.690. The van der Waals surface area contributed by atoms with Gasteiger partial charge in [-0.15, -0.1) is 0 Å². The Morgan fingerprint density at radius 3 is 1.69 bits per heavy atom. The zero-order chi connectivity index (χ0) is 12.7. The molecule has 3 unspecified atom stereocenters. The minimum absolute atomic E-state index is 0.0139. The van der Waals surface area contributed by atoms with Gasteiger partial charge in [0.25, 0.3) is 0 Å². The van der Waals surface area contributed by atoms with Crippen LogP contribution in [-0.4, -0.2) is 35.0 Å². The average Bonchev–Trinajstić information content (AvgIpc) is 3.08. The Morgan fingerprint density at radius 2 is 1.69 bits per heavy atom. The number of rotatable bonds is 1. The van der Waals surface area contributed by atoms with Gasteiger partial charge in [0.05, 0.1) is 18.6 Å². The van der Waals surface area contributed by atoms with Crippen molar-refractivity contribution < 1.29 is 29.6 Å². The molecule has 0 aromatic heterocycles. The molecule has 1 heterocycles. The molecule has 1 saturated carbocycles. The molecule has 94 valence electrons. The lowest BCUT2D eigenvalue weighted by Crippen LogP contribution is -1.97. The molecule has 0 spiro atoms. The molecule has 1 aliphatic carbocycles. The maximum atomic E-state index is 9.97. The van der Waals surface area contributed by atoms with Crippen molar-refractivity contribution in [3.8, 4) is 0 Å². The van der Waals surface area contributed by atoms with Crippen LogP contribution in [0, 0.1) is 11.8 Å². The summed E-state index contributed by atoms with van der Waals surface area (Å²) in [5.74, 6) is -0.894. The summed E-state index contributed by atoms with van der Waals surface area (Å²) in [5.41, 5.74) is 0. The lowest BCUT2D eigenvalue weighted by molar-refractivity contribution is -0.231. The highest BCUT2D eigenvalue weighted by molar-refractivity contribution is 5.73. The maximum absolute atomic E-state index is 9.97. The van der Waals surface area contributed by atoms with E-state index < -0.39 is 11.9 Å². The molecule has 0 aromatic carbocycles. The molecule has 1 saturated heterocycles. The minimum Gasteiger partial charge on any atom is -0.481 e. The Kier molecular flexibility index (Phi) is 6.67. The van der Waals surface area contributed by atoms with Crippen molar-refractivity contribution in [2.24, 2.45) is 11.8 Å². The van der Waals surface area contributed by atoms with Gasteiger partial charge >= 0.3 is 11.9 Å². The molecular weight excluding hydrogens is 216 g/mol. The molecule has 0 radical (unpaired) electrons. The first-order chi connectivity index (χ1) is 7.38. The molecule has 3 atom stereocenters. The van der Waals surface area contributed by atoms with Crippen molar-refractivity contribution in [2.45, 2.75) is 33.3 Å². The predicted octanol–water partition coefficient (Wildman–Crippen LogP) is 1.15. The van der Waals surface area contributed by atoms with Gasteiger partial charge in [0.15, 0.2) is 0 Å². The van der Waals surface area contributed by atoms with Crippen LogP contribution in [0.25, 0.3) is 0 Å². The van der Waals surface area contributed by atoms with Crippen molar-refractivity contribution in [1.82, 2.24) is 0 Å². The fourth-order valence-electron chi connectivity index (χ4n) is 0.762. The van der Waals surface area contributed by atoms with Gasteiger partial charge in [-0.3, -0.25) is 4.79 Å². The number of carboxylic acid groups (broad SMARTS) is 1. The summed E-state index contributed by atoms with van der Waals surface area (Å²) in [7, 11) is 0. The van der Waals surface area contributed by atoms with E-state index in [1.54, 1.807) is 0 Å². The van der Waals surface area contributed by atoms with Crippen molar-refractivity contribution in [3.63, 3.8) is 0 Å². The number of hydrogen-bond donors (Lipinski definition) is 2. The van der Waals surface area contributed by atoms with E-state index in [0.29, 0.717) is 12.0 Å². The number of carbonyl (C=O) groups excluding carboxylic acids is 1. The second kappa shape index (κ2) is 7.19. The monoisotopic (exact) mass is 234 g/mol. The van der Waals surface area contributed by atoms with Gasteiger partial charge in [0.1, 0.15) is 0 Å². The Morgan fingerprint density at radius 1 is 1.38 bits per heavy atom. The van der Waals surface area contributed by atoms with Gasteiger partial charge in [0, 0.05) is 6.92 Å². The lowest BCUT2D eigenvalue weighted by Gasteiger charge is -1.79. The van der Waals surface area contributed by atoms with Gasteiger partial charge < -0.3 is 14.7 Å². The number of aliphatic carboxylic acids is 1. The molecule has 2 N–H and O–H groups in total. The van der Waals surface area contributed by atoms with Crippen LogP contribution < -0.4 is 0 Å². The molecule has 0 bridgehead atoms. The van der Waals surface area contributed by atoms with E-state index in [2.05, 4.69) is 11.8 Å². The lowest BCUT2D eigenvalue weighted by atomic mass is 10.3. The van der Waals surface area contributed by atoms with Crippen LogP contribution in [0.5, 0.6) is 0 Å². The summed E-state index contributed by atoms with van der Waals surface area (Å²) in [4.78, 5) is 22.4. The van der Waals surface area contributed by atoms with E-state index in [1.165, 1.54) is 0 Å². The van der Waals surface area contributed by atoms with Crippen LogP contribution in [0.15, 0.2) is 0 Å². The van der Waals surface area contributed by atoms with Crippen molar-refractivity contribution in [1.29, 1.82) is 0 Å². The molecule has 6 heteroatoms. The van der Waals surface area contributed by atoms with E-state index in [1.807, 2.05) is 6.92 Å². The summed E-state index contributed by atoms with van der Waals surface area (Å²) in [6.45, 7) is 6.11. The molecule has 0 aromatic rings. The number of carbonyl (C=O) groups is 2. The van der Waals surface area contributed by atoms with Gasteiger partial charge in [-0.05, 0) is 19.3 Å². The zero-order valence-corrected chi connectivity index (χ0v) is 9.67. The average molecular weight is 234 g/mol. The third-order valence-corrected chi connectivity index (χ3v) is 2.06. The number of ether oxygens (including phenoxy) is 1. The van der Waals surface area contributed by atoms with E-state index in [-0.39, 0.29) is 5.92 Å². The number of hydrogen-bond acceptors (Lipinski definition) is 5. The van der Waals surface area contributed by atoms with Crippen LogP contribution in [0.1, 0.15) is 27.2 Å². The smallest absolute Gasteiger partial charge is 0.339 e. The highest BCUT2D eigenvalue weighted by Crippen LogP contribution is 2.37. The van der Waals surface area contributed by atoms with Crippen molar-refractivity contribution in [3.05, 3.63) is 0 Å². The van der Waals surface area contributed by atoms with E-state index in [4.69, 9.17) is 15.1 Å². The second-order valence-electron chi connectivity index (χ2n) is 3.88. The first kappa shape index (κ1) is 14.9. The van der Waals surface area contributed by atoms with Crippen molar-refractivity contribution >= 4 is 11.9 Å². The Balaban J connectivity index is 0.000000221. The SMILES string of the molecule is CC(=O)OO.CC1CC1C(=O)O.CC1CO1. The molecule has 1 aliphatic heterocycles. The summed E-state index contributed by atoms with van der Waals surface area (Å²) >= 11 is 0. The van der Waals surface area contributed by atoms with Crippen LogP contribution in [-0.2, 0) is 19.2 Å². The van der Waals surface area contributed by atoms with Crippen LogP contribution >= 0.6 is 0 Å². The summed E-state index contributed by atoms with van der Waals surface area (Å²) < 4.78 is 4.71. The molecule has 16 heavy (non-hydrogen) atoms. The van der Waals surface area contributed by atoms with Crippen LogP contribution in [0.2, 0.25) is 0 Å². The van der Waals surface area contributed by atoms with Gasteiger partial charge in [0.2, 0.25) is 0 Å². The molecule has 2 aliphatic rings. The number of carboxylic acids is 1. The van der Waals surface area contributed by atoms with E-state index in [9.17, 15) is 9.59 Å². The first-order valence-electron chi connectivity index (χ1n) is 5.04. The standard InChI is InChI=1S/C5H8O2.C3H6O.C2H4O3/c1-3-2-4(3)5(6)7;1-3-2-4-3;1-2(3)5-4/h3-4H,2H2,1H3,(H,6,7);3H,2H2,1H3;4H,1H3. The van der Waals surface area contributed by atoms with Gasteiger partial charge in [-0.2, -0.15) is 5.26 Å². The molecule has 2 rings (SSSR count). The number of epoxide rings is 1. The summed E-state index contributed by atoms with van der Waals surface area (Å²) in [5, 5.41) is 15.5. The quantitative estimate of drug-likeness (QED) is 0.401. The van der Waals surface area contributed by atoms with Gasteiger partial charge in [-0.25, -0.2) is 4.79 Å². The summed E-state index contributed by atoms with van der Waals surface area (Å²) in [6.07, 6.45) is 1.47. The van der Waals surface area contributed by atoms with Crippen LogP contribution in [0.4, 0.5) is 0 Å². The predicted molar refractivity (Wildman–Crippen MR) is 54.7 cm³/mol. The Labute approximate surface area is 94.1 Å². The Hall–Kier alpha value is -1.14.